The highest BCUT2D eigenvalue weighted by atomic mass is 32.2. The third-order valence-corrected chi connectivity index (χ3v) is 6.79. The van der Waals surface area contributed by atoms with Crippen LogP contribution >= 0.6 is 11.8 Å². The fraction of sp³-hybridized carbons (Fsp3) is 0.300. The van der Waals surface area contributed by atoms with Gasteiger partial charge in [-0.15, -0.1) is 11.8 Å². The number of fused-ring (bicyclic) bond motifs is 1. The number of amides is 2. The van der Waals surface area contributed by atoms with Crippen molar-refractivity contribution in [2.75, 3.05) is 12.3 Å². The highest BCUT2D eigenvalue weighted by Crippen LogP contribution is 2.59. The van der Waals surface area contributed by atoms with Crippen LogP contribution in [0.1, 0.15) is 18.1 Å². The molecule has 2 amide bonds. The van der Waals surface area contributed by atoms with Crippen LogP contribution in [0.25, 0.3) is 0 Å². The lowest BCUT2D eigenvalue weighted by molar-refractivity contribution is -0.167. The van der Waals surface area contributed by atoms with Crippen LogP contribution in [0, 0.1) is 0 Å². The monoisotopic (exact) mass is 352 g/mol. The first kappa shape index (κ1) is 16.2. The maximum absolute atomic E-state index is 12.8. The molecule has 2 fully saturated rings. The van der Waals surface area contributed by atoms with E-state index in [-0.39, 0.29) is 18.2 Å². The van der Waals surface area contributed by atoms with Gasteiger partial charge >= 0.3 is 0 Å². The number of hydrogen-bond acceptors (Lipinski definition) is 3. The first-order chi connectivity index (χ1) is 12.1. The van der Waals surface area contributed by atoms with Gasteiger partial charge in [0, 0.05) is 12.3 Å². The first-order valence-corrected chi connectivity index (χ1v) is 9.43. The lowest BCUT2D eigenvalue weighted by atomic mass is 9.75. The third-order valence-electron chi connectivity index (χ3n) is 5.12. The zero-order valence-corrected chi connectivity index (χ0v) is 14.9. The summed E-state index contributed by atoms with van der Waals surface area (Å²) < 4.78 is 0. The molecule has 0 spiro atoms. The van der Waals surface area contributed by atoms with Gasteiger partial charge in [-0.2, -0.15) is 0 Å². The second-order valence-electron chi connectivity index (χ2n) is 6.65. The molecule has 1 N–H and O–H groups in total. The topological polar surface area (TPSA) is 49.4 Å². The number of carbonyl (C=O) groups excluding carboxylic acids is 2. The predicted molar refractivity (Wildman–Crippen MR) is 99.0 cm³/mol. The number of β-lactam (4-membered cyclic amide) rings is 1. The minimum atomic E-state index is -0.915. The quantitative estimate of drug-likeness (QED) is 0.861. The molecule has 0 aliphatic carbocycles. The summed E-state index contributed by atoms with van der Waals surface area (Å²) in [6.07, 6.45) is 0.277. The average molecular weight is 352 g/mol. The first-order valence-electron chi connectivity index (χ1n) is 8.44. The summed E-state index contributed by atoms with van der Waals surface area (Å²) in [4.78, 5) is 26.9. The van der Waals surface area contributed by atoms with Gasteiger partial charge in [0.1, 0.15) is 4.87 Å². The molecule has 2 aliphatic rings. The minimum Gasteiger partial charge on any atom is -0.339 e. The van der Waals surface area contributed by atoms with Crippen LogP contribution < -0.4 is 5.32 Å². The van der Waals surface area contributed by atoms with Crippen LogP contribution in [-0.2, 0) is 20.9 Å². The number of benzene rings is 2. The highest BCUT2D eigenvalue weighted by Gasteiger charge is 2.72. The maximum Gasteiger partial charge on any atom is 0.253 e. The van der Waals surface area contributed by atoms with Crippen molar-refractivity contribution in [2.45, 2.75) is 23.8 Å². The van der Waals surface area contributed by atoms with Crippen molar-refractivity contribution in [3.05, 3.63) is 71.8 Å². The van der Waals surface area contributed by atoms with Gasteiger partial charge in [-0.3, -0.25) is 9.59 Å². The van der Waals surface area contributed by atoms with Crippen LogP contribution in [-0.4, -0.2) is 34.6 Å². The predicted octanol–water partition coefficient (Wildman–Crippen LogP) is 2.55. The molecule has 128 valence electrons. The van der Waals surface area contributed by atoms with Crippen LogP contribution in [0.3, 0.4) is 0 Å². The molecule has 0 unspecified atom stereocenters. The number of thioether (sulfide) groups is 1. The summed E-state index contributed by atoms with van der Waals surface area (Å²) in [5.41, 5.74) is 1.10. The molecule has 2 saturated heterocycles. The summed E-state index contributed by atoms with van der Waals surface area (Å²) >= 11 is 1.74. The summed E-state index contributed by atoms with van der Waals surface area (Å²) in [7, 11) is 0. The van der Waals surface area contributed by atoms with Gasteiger partial charge in [0.2, 0.25) is 5.91 Å². The Morgan fingerprint density at radius 1 is 1.12 bits per heavy atom. The van der Waals surface area contributed by atoms with Crippen molar-refractivity contribution in [1.82, 2.24) is 10.2 Å². The number of rotatable bonds is 4. The number of nitrogens with zero attached hydrogens (tertiary/aromatic N) is 1. The van der Waals surface area contributed by atoms with Gasteiger partial charge in [-0.25, -0.2) is 0 Å². The van der Waals surface area contributed by atoms with E-state index in [1.54, 1.807) is 11.8 Å². The molecule has 0 aromatic heterocycles. The van der Waals surface area contributed by atoms with E-state index in [4.69, 9.17) is 0 Å². The lowest BCUT2D eigenvalue weighted by Gasteiger charge is -2.60. The van der Waals surface area contributed by atoms with Crippen LogP contribution in [0.2, 0.25) is 0 Å². The number of hydrogen-bond donors (Lipinski definition) is 1. The zero-order valence-electron chi connectivity index (χ0n) is 14.1. The van der Waals surface area contributed by atoms with Crippen molar-refractivity contribution in [3.63, 3.8) is 0 Å². The van der Waals surface area contributed by atoms with Crippen molar-refractivity contribution in [2.24, 2.45) is 0 Å². The smallest absolute Gasteiger partial charge is 0.253 e. The molecule has 25 heavy (non-hydrogen) atoms. The molecule has 2 aromatic rings. The van der Waals surface area contributed by atoms with Gasteiger partial charge in [0.05, 0.1) is 6.42 Å². The molecule has 4 rings (SSSR count). The Morgan fingerprint density at radius 3 is 2.44 bits per heavy atom. The van der Waals surface area contributed by atoms with Crippen molar-refractivity contribution in [1.29, 1.82) is 0 Å². The number of carbonyl (C=O) groups is 2. The fourth-order valence-electron chi connectivity index (χ4n) is 3.98. The van der Waals surface area contributed by atoms with Crippen molar-refractivity contribution < 1.29 is 9.59 Å². The van der Waals surface area contributed by atoms with Crippen LogP contribution in [0.4, 0.5) is 0 Å². The Balaban J connectivity index is 1.63. The largest absolute Gasteiger partial charge is 0.339 e. The number of nitrogens with one attached hydrogen (secondary N) is 1. The van der Waals surface area contributed by atoms with E-state index in [0.29, 0.717) is 0 Å². The van der Waals surface area contributed by atoms with Crippen LogP contribution in [0.5, 0.6) is 0 Å². The third kappa shape index (κ3) is 2.29. The summed E-state index contributed by atoms with van der Waals surface area (Å²) in [5.74, 6) is 0.761. The average Bonchev–Trinajstić information content (AvgIpc) is 3.06. The molecule has 4 nitrogen and oxygen atoms in total. The Labute approximate surface area is 151 Å². The van der Waals surface area contributed by atoms with Gasteiger partial charge in [0.15, 0.2) is 5.54 Å². The SMILES string of the molecule is C[C@]1(NC(=O)Cc2ccccc2)C(=O)N2CCS[C@@]21c1ccccc1. The van der Waals surface area contributed by atoms with E-state index in [1.165, 1.54) is 0 Å². The summed E-state index contributed by atoms with van der Waals surface area (Å²) in [6.45, 7) is 2.59. The van der Waals surface area contributed by atoms with Gasteiger partial charge in [-0.1, -0.05) is 60.7 Å². The molecule has 5 heteroatoms. The Kier molecular flexibility index (Phi) is 3.84. The Hall–Kier alpha value is -2.27. The molecule has 2 atom stereocenters. The molecule has 2 aromatic carbocycles. The summed E-state index contributed by atoms with van der Waals surface area (Å²) in [5, 5.41) is 3.05. The van der Waals surface area contributed by atoms with Gasteiger partial charge < -0.3 is 10.2 Å². The molecule has 0 bridgehead atoms. The van der Waals surface area contributed by atoms with Gasteiger partial charge in [0.25, 0.3) is 5.91 Å². The second kappa shape index (κ2) is 5.92. The molecule has 0 radical (unpaired) electrons. The van der Waals surface area contributed by atoms with E-state index < -0.39 is 10.4 Å². The van der Waals surface area contributed by atoms with Crippen molar-refractivity contribution >= 4 is 23.6 Å². The highest BCUT2D eigenvalue weighted by molar-refractivity contribution is 8.00. The van der Waals surface area contributed by atoms with E-state index >= 15 is 0 Å². The second-order valence-corrected chi connectivity index (χ2v) is 7.94. The van der Waals surface area contributed by atoms with E-state index in [2.05, 4.69) is 5.32 Å². The molecule has 0 saturated carbocycles. The van der Waals surface area contributed by atoms with Crippen LogP contribution in [0.15, 0.2) is 60.7 Å². The molecule has 2 heterocycles. The molecule has 2 aliphatic heterocycles. The zero-order chi connectivity index (χ0) is 17.5. The van der Waals surface area contributed by atoms with Gasteiger partial charge in [-0.05, 0) is 18.1 Å². The molecular formula is C20H20N2O2S. The van der Waals surface area contributed by atoms with E-state index in [0.717, 1.165) is 23.4 Å². The minimum absolute atomic E-state index is 0.00256. The Morgan fingerprint density at radius 2 is 1.76 bits per heavy atom. The molecular weight excluding hydrogens is 332 g/mol. The lowest BCUT2D eigenvalue weighted by Crippen LogP contribution is -2.81. The normalized spacial score (nSPS) is 27.6. The van der Waals surface area contributed by atoms with E-state index in [1.807, 2.05) is 72.5 Å². The standard InChI is InChI=1S/C20H20N2O2S/c1-19(21-17(23)14-15-8-4-2-5-9-15)18(24)22-12-13-25-20(19,22)16-10-6-3-7-11-16/h2-11H,12-14H2,1H3,(H,21,23)/t19-,20+/m0/s1. The summed E-state index contributed by atoms with van der Waals surface area (Å²) in [6, 6.07) is 19.6. The van der Waals surface area contributed by atoms with E-state index in [9.17, 15) is 9.59 Å². The van der Waals surface area contributed by atoms with Crippen molar-refractivity contribution in [3.8, 4) is 0 Å². The fourth-order valence-corrected chi connectivity index (χ4v) is 5.60. The Bertz CT molecular complexity index is 811. The maximum atomic E-state index is 12.8.